The Morgan fingerprint density at radius 1 is 1.40 bits per heavy atom. The van der Waals surface area contributed by atoms with Crippen molar-refractivity contribution in [1.82, 2.24) is 15.3 Å². The van der Waals surface area contributed by atoms with Gasteiger partial charge in [-0.3, -0.25) is 4.79 Å². The lowest BCUT2D eigenvalue weighted by atomic mass is 10.2. The minimum Gasteiger partial charge on any atom is -0.373 e. The number of carbonyl (C=O) groups excluding carboxylic acids is 1. The third kappa shape index (κ3) is 3.49. The van der Waals surface area contributed by atoms with Crippen LogP contribution < -0.4 is 16.0 Å². The fourth-order valence-electron chi connectivity index (χ4n) is 1.85. The monoisotopic (exact) mass is 289 g/mol. The first-order valence-corrected chi connectivity index (χ1v) is 6.06. The Morgan fingerprint density at radius 2 is 2.10 bits per heavy atom. The van der Waals surface area contributed by atoms with Crippen molar-refractivity contribution in [2.24, 2.45) is 0 Å². The van der Waals surface area contributed by atoms with E-state index in [1.54, 1.807) is 0 Å². The van der Waals surface area contributed by atoms with Crippen LogP contribution in [0.15, 0.2) is 6.07 Å². The van der Waals surface area contributed by atoms with Gasteiger partial charge in [-0.2, -0.15) is 13.2 Å². The maximum absolute atomic E-state index is 12.6. The normalized spacial score (nSPS) is 18.8. The highest BCUT2D eigenvalue weighted by molar-refractivity contribution is 5.78. The van der Waals surface area contributed by atoms with Crippen molar-refractivity contribution >= 4 is 17.5 Å². The Balaban J connectivity index is 2.08. The summed E-state index contributed by atoms with van der Waals surface area (Å²) in [4.78, 5) is 17.8. The molecule has 1 aliphatic rings. The highest BCUT2D eigenvalue weighted by Crippen LogP contribution is 2.28. The first-order chi connectivity index (χ1) is 9.38. The first-order valence-electron chi connectivity index (χ1n) is 6.06. The lowest BCUT2D eigenvalue weighted by Crippen LogP contribution is -2.32. The molecule has 1 fully saturated rings. The van der Waals surface area contributed by atoms with Crippen LogP contribution >= 0.6 is 0 Å². The third-order valence-electron chi connectivity index (χ3n) is 2.85. The Labute approximate surface area is 113 Å². The van der Waals surface area contributed by atoms with Gasteiger partial charge in [0, 0.05) is 32.1 Å². The van der Waals surface area contributed by atoms with E-state index in [9.17, 15) is 18.0 Å². The molecule has 0 aromatic carbocycles. The van der Waals surface area contributed by atoms with Crippen molar-refractivity contribution in [3.05, 3.63) is 11.9 Å². The Hall–Kier alpha value is -2.06. The quantitative estimate of drug-likeness (QED) is 0.777. The number of aromatic nitrogens is 2. The van der Waals surface area contributed by atoms with E-state index in [0.29, 0.717) is 19.4 Å². The summed E-state index contributed by atoms with van der Waals surface area (Å²) in [6, 6.07) is 1.29. The SMILES string of the molecule is CNc1cc(NCC2CCC(=O)N2)nc(C(F)(F)F)n1. The van der Waals surface area contributed by atoms with Crippen molar-refractivity contribution in [3.8, 4) is 0 Å². The zero-order valence-electron chi connectivity index (χ0n) is 10.7. The van der Waals surface area contributed by atoms with E-state index in [1.165, 1.54) is 13.1 Å². The number of hydrogen-bond donors (Lipinski definition) is 3. The number of carbonyl (C=O) groups is 1. The molecule has 1 aromatic rings. The molecule has 6 nitrogen and oxygen atoms in total. The maximum Gasteiger partial charge on any atom is 0.451 e. The van der Waals surface area contributed by atoms with Crippen LogP contribution in [0.4, 0.5) is 24.8 Å². The average Bonchev–Trinajstić information content (AvgIpc) is 2.81. The van der Waals surface area contributed by atoms with Gasteiger partial charge >= 0.3 is 6.18 Å². The summed E-state index contributed by atoms with van der Waals surface area (Å²) >= 11 is 0. The van der Waals surface area contributed by atoms with Crippen molar-refractivity contribution in [3.63, 3.8) is 0 Å². The molecule has 20 heavy (non-hydrogen) atoms. The minimum atomic E-state index is -4.61. The summed E-state index contributed by atoms with van der Waals surface area (Å²) in [5, 5.41) is 8.06. The van der Waals surface area contributed by atoms with Gasteiger partial charge in [0.2, 0.25) is 11.7 Å². The first kappa shape index (κ1) is 14.4. The van der Waals surface area contributed by atoms with Crippen LogP contribution in [0.1, 0.15) is 18.7 Å². The summed E-state index contributed by atoms with van der Waals surface area (Å²) < 4.78 is 37.9. The van der Waals surface area contributed by atoms with Gasteiger partial charge in [0.25, 0.3) is 0 Å². The number of alkyl halides is 3. The fourth-order valence-corrected chi connectivity index (χ4v) is 1.85. The molecule has 0 bridgehead atoms. The van der Waals surface area contributed by atoms with Gasteiger partial charge in [0.15, 0.2) is 0 Å². The molecule has 1 aliphatic heterocycles. The Bertz CT molecular complexity index is 505. The van der Waals surface area contributed by atoms with Gasteiger partial charge in [-0.05, 0) is 6.42 Å². The van der Waals surface area contributed by atoms with Crippen molar-refractivity contribution in [2.45, 2.75) is 25.1 Å². The van der Waals surface area contributed by atoms with Gasteiger partial charge in [0.05, 0.1) is 0 Å². The van der Waals surface area contributed by atoms with E-state index < -0.39 is 12.0 Å². The van der Waals surface area contributed by atoms with Gasteiger partial charge in [-0.15, -0.1) is 0 Å². The van der Waals surface area contributed by atoms with Crippen LogP contribution in [0.5, 0.6) is 0 Å². The fraction of sp³-hybridized carbons (Fsp3) is 0.545. The van der Waals surface area contributed by atoms with E-state index in [2.05, 4.69) is 25.9 Å². The van der Waals surface area contributed by atoms with Crippen molar-refractivity contribution in [1.29, 1.82) is 0 Å². The molecule has 0 radical (unpaired) electrons. The molecule has 1 aromatic heterocycles. The summed E-state index contributed by atoms with van der Waals surface area (Å²) in [6.07, 6.45) is -3.52. The molecular weight excluding hydrogens is 275 g/mol. The summed E-state index contributed by atoms with van der Waals surface area (Å²) in [5.41, 5.74) is 0. The van der Waals surface area contributed by atoms with E-state index in [4.69, 9.17) is 0 Å². The van der Waals surface area contributed by atoms with Crippen LogP contribution in [-0.2, 0) is 11.0 Å². The molecule has 2 rings (SSSR count). The van der Waals surface area contributed by atoms with Gasteiger partial charge < -0.3 is 16.0 Å². The largest absolute Gasteiger partial charge is 0.451 e. The van der Waals surface area contributed by atoms with Crippen molar-refractivity contribution < 1.29 is 18.0 Å². The van der Waals surface area contributed by atoms with E-state index in [-0.39, 0.29) is 23.6 Å². The number of nitrogens with zero attached hydrogens (tertiary/aromatic N) is 2. The molecule has 1 atom stereocenters. The standard InChI is InChI=1S/C11H14F3N5O/c1-15-7-4-8(19-10(18-7)11(12,13)14)16-5-6-2-3-9(20)17-6/h4,6H,2-3,5H2,1H3,(H,17,20)(H2,15,16,18,19). The molecule has 0 spiro atoms. The maximum atomic E-state index is 12.6. The zero-order chi connectivity index (χ0) is 14.8. The molecule has 110 valence electrons. The second-order valence-electron chi connectivity index (χ2n) is 4.39. The smallest absolute Gasteiger partial charge is 0.373 e. The Kier molecular flexibility index (Phi) is 3.96. The molecule has 1 unspecified atom stereocenters. The lowest BCUT2D eigenvalue weighted by Gasteiger charge is -2.14. The zero-order valence-corrected chi connectivity index (χ0v) is 10.7. The third-order valence-corrected chi connectivity index (χ3v) is 2.85. The predicted octanol–water partition coefficient (Wildman–Crippen LogP) is 1.23. The van der Waals surface area contributed by atoms with Crippen LogP contribution in [0.3, 0.4) is 0 Å². The number of halogens is 3. The number of nitrogens with one attached hydrogen (secondary N) is 3. The second kappa shape index (κ2) is 5.51. The molecule has 1 amide bonds. The van der Waals surface area contributed by atoms with E-state index in [0.717, 1.165) is 0 Å². The molecular formula is C11H14F3N5O. The number of hydrogen-bond acceptors (Lipinski definition) is 5. The molecule has 2 heterocycles. The van der Waals surface area contributed by atoms with Gasteiger partial charge in [-0.25, -0.2) is 9.97 Å². The van der Waals surface area contributed by atoms with Gasteiger partial charge in [0.1, 0.15) is 11.6 Å². The summed E-state index contributed by atoms with van der Waals surface area (Å²) in [6.45, 7) is 0.323. The number of amides is 1. The minimum absolute atomic E-state index is 0.0496. The lowest BCUT2D eigenvalue weighted by molar-refractivity contribution is -0.144. The topological polar surface area (TPSA) is 78.9 Å². The van der Waals surface area contributed by atoms with Crippen LogP contribution in [0.2, 0.25) is 0 Å². The average molecular weight is 289 g/mol. The van der Waals surface area contributed by atoms with E-state index in [1.807, 2.05) is 0 Å². The molecule has 1 saturated heterocycles. The number of rotatable bonds is 4. The van der Waals surface area contributed by atoms with E-state index >= 15 is 0 Å². The summed E-state index contributed by atoms with van der Waals surface area (Å²) in [5.74, 6) is -1.11. The number of anilines is 2. The van der Waals surface area contributed by atoms with Crippen LogP contribution in [0, 0.1) is 0 Å². The molecule has 9 heteroatoms. The van der Waals surface area contributed by atoms with Crippen molar-refractivity contribution in [2.75, 3.05) is 24.2 Å². The predicted molar refractivity (Wildman–Crippen MR) is 66.2 cm³/mol. The second-order valence-corrected chi connectivity index (χ2v) is 4.39. The molecule has 3 N–H and O–H groups in total. The Morgan fingerprint density at radius 3 is 2.65 bits per heavy atom. The molecule has 0 saturated carbocycles. The highest BCUT2D eigenvalue weighted by Gasteiger charge is 2.35. The highest BCUT2D eigenvalue weighted by atomic mass is 19.4. The van der Waals surface area contributed by atoms with Crippen LogP contribution in [0.25, 0.3) is 0 Å². The molecule has 0 aliphatic carbocycles. The van der Waals surface area contributed by atoms with Crippen LogP contribution in [-0.4, -0.2) is 35.5 Å². The van der Waals surface area contributed by atoms with Gasteiger partial charge in [-0.1, -0.05) is 0 Å². The summed E-state index contributed by atoms with van der Waals surface area (Å²) in [7, 11) is 1.48.